The van der Waals surface area contributed by atoms with E-state index >= 15 is 0 Å². The number of hydrogen-bond acceptors (Lipinski definition) is 4. The van der Waals surface area contributed by atoms with E-state index in [4.69, 9.17) is 11.5 Å². The predicted molar refractivity (Wildman–Crippen MR) is 45.6 cm³/mol. The second kappa shape index (κ2) is 3.94. The molecule has 0 aliphatic carbocycles. The van der Waals surface area contributed by atoms with E-state index in [9.17, 15) is 4.79 Å². The molecule has 0 aliphatic heterocycles. The first-order valence-electron chi connectivity index (χ1n) is 3.64. The number of aromatic nitrogens is 1. The first-order chi connectivity index (χ1) is 5.77. The van der Waals surface area contributed by atoms with Gasteiger partial charge in [-0.05, 0) is 11.6 Å². The third kappa shape index (κ3) is 1.87. The van der Waals surface area contributed by atoms with Crippen LogP contribution in [0, 0.1) is 0 Å². The van der Waals surface area contributed by atoms with Crippen LogP contribution in [0.3, 0.4) is 0 Å². The van der Waals surface area contributed by atoms with Crippen molar-refractivity contribution in [3.63, 3.8) is 0 Å². The van der Waals surface area contributed by atoms with Gasteiger partial charge in [0.25, 0.3) is 0 Å². The molecule has 0 unspecified atom stereocenters. The zero-order chi connectivity index (χ0) is 8.97. The molecule has 0 aromatic carbocycles. The van der Waals surface area contributed by atoms with Crippen molar-refractivity contribution in [2.24, 2.45) is 11.5 Å². The summed E-state index contributed by atoms with van der Waals surface area (Å²) in [5.74, 6) is 0. The van der Waals surface area contributed by atoms with E-state index < -0.39 is 0 Å². The Bertz CT molecular complexity index is 258. The Hall–Kier alpha value is -1.26. The summed E-state index contributed by atoms with van der Waals surface area (Å²) >= 11 is 0. The van der Waals surface area contributed by atoms with Crippen LogP contribution < -0.4 is 11.5 Å². The fourth-order valence-electron chi connectivity index (χ4n) is 0.842. The molecule has 0 amide bonds. The Kier molecular flexibility index (Phi) is 2.90. The lowest BCUT2D eigenvalue weighted by atomic mass is 10.1. The number of carbonyl (C=O) groups excluding carboxylic acids is 1. The number of aldehydes is 1. The molecule has 64 valence electrons. The molecule has 4 N–H and O–H groups in total. The Balaban J connectivity index is 2.84. The number of pyridine rings is 1. The van der Waals surface area contributed by atoms with Crippen molar-refractivity contribution < 1.29 is 4.79 Å². The van der Waals surface area contributed by atoms with E-state index in [1.165, 1.54) is 0 Å². The van der Waals surface area contributed by atoms with E-state index in [1.54, 1.807) is 18.3 Å². The van der Waals surface area contributed by atoms with Gasteiger partial charge in [-0.2, -0.15) is 0 Å². The topological polar surface area (TPSA) is 82.0 Å². The van der Waals surface area contributed by atoms with Crippen LogP contribution in [-0.2, 0) is 0 Å². The zero-order valence-corrected chi connectivity index (χ0v) is 6.60. The summed E-state index contributed by atoms with van der Waals surface area (Å²) in [6.07, 6.45) is 2.26. The van der Waals surface area contributed by atoms with Crippen molar-refractivity contribution in [1.82, 2.24) is 4.98 Å². The summed E-state index contributed by atoms with van der Waals surface area (Å²) < 4.78 is 0. The van der Waals surface area contributed by atoms with Crippen LogP contribution in [0.5, 0.6) is 0 Å². The molecule has 0 aliphatic rings. The van der Waals surface area contributed by atoms with Crippen LogP contribution >= 0.6 is 0 Å². The van der Waals surface area contributed by atoms with E-state index in [1.807, 2.05) is 0 Å². The Labute approximate surface area is 70.6 Å². The summed E-state index contributed by atoms with van der Waals surface area (Å²) in [5.41, 5.74) is 12.2. The highest BCUT2D eigenvalue weighted by Crippen LogP contribution is 2.06. The van der Waals surface area contributed by atoms with Gasteiger partial charge >= 0.3 is 0 Å². The van der Waals surface area contributed by atoms with Crippen LogP contribution in [-0.4, -0.2) is 17.8 Å². The molecule has 1 aromatic rings. The lowest BCUT2D eigenvalue weighted by molar-refractivity contribution is 0.111. The van der Waals surface area contributed by atoms with Crippen molar-refractivity contribution in [3.05, 3.63) is 29.6 Å². The molecule has 1 heterocycles. The fraction of sp³-hybridized carbons (Fsp3) is 0.250. The van der Waals surface area contributed by atoms with Gasteiger partial charge in [0.15, 0.2) is 6.29 Å². The van der Waals surface area contributed by atoms with Gasteiger partial charge in [0, 0.05) is 18.8 Å². The highest BCUT2D eigenvalue weighted by atomic mass is 16.1. The van der Waals surface area contributed by atoms with Crippen LogP contribution in [0.4, 0.5) is 0 Å². The average Bonchev–Trinajstić information content (AvgIpc) is 2.17. The number of carbonyl (C=O) groups is 1. The molecule has 0 spiro atoms. The molecule has 0 radical (unpaired) electrons. The number of rotatable bonds is 3. The smallest absolute Gasteiger partial charge is 0.168 e. The maximum Gasteiger partial charge on any atom is 0.168 e. The molecule has 0 fully saturated rings. The van der Waals surface area contributed by atoms with E-state index in [-0.39, 0.29) is 6.04 Å². The summed E-state index contributed by atoms with van der Waals surface area (Å²) in [5, 5.41) is 0. The van der Waals surface area contributed by atoms with Crippen LogP contribution in [0.1, 0.15) is 22.1 Å². The molecule has 4 heteroatoms. The standard InChI is InChI=1S/C8H11N3O/c9-3-8(10)6-1-2-7(5-12)11-4-6/h1-2,4-5,8H,3,9-10H2/t8-/m0/s1. The third-order valence-corrected chi connectivity index (χ3v) is 1.61. The SMILES string of the molecule is NC[C@H](N)c1ccc(C=O)nc1. The van der Waals surface area contributed by atoms with Gasteiger partial charge in [0.2, 0.25) is 0 Å². The van der Waals surface area contributed by atoms with Gasteiger partial charge in [-0.1, -0.05) is 6.07 Å². The summed E-state index contributed by atoms with van der Waals surface area (Å²) in [6, 6.07) is 3.18. The van der Waals surface area contributed by atoms with Crippen molar-refractivity contribution in [3.8, 4) is 0 Å². The van der Waals surface area contributed by atoms with Crippen molar-refractivity contribution in [1.29, 1.82) is 0 Å². The van der Waals surface area contributed by atoms with Gasteiger partial charge in [-0.15, -0.1) is 0 Å². The average molecular weight is 165 g/mol. The summed E-state index contributed by atoms with van der Waals surface area (Å²) in [4.78, 5) is 14.1. The van der Waals surface area contributed by atoms with E-state index in [0.717, 1.165) is 5.56 Å². The van der Waals surface area contributed by atoms with Gasteiger partial charge < -0.3 is 11.5 Å². The lowest BCUT2D eigenvalue weighted by Gasteiger charge is -2.07. The molecule has 4 nitrogen and oxygen atoms in total. The van der Waals surface area contributed by atoms with Crippen molar-refractivity contribution in [2.45, 2.75) is 6.04 Å². The molecular weight excluding hydrogens is 154 g/mol. The maximum absolute atomic E-state index is 10.2. The number of hydrogen-bond donors (Lipinski definition) is 2. The Morgan fingerprint density at radius 2 is 2.33 bits per heavy atom. The third-order valence-electron chi connectivity index (χ3n) is 1.61. The van der Waals surface area contributed by atoms with Crippen LogP contribution in [0.15, 0.2) is 18.3 Å². The molecule has 0 bridgehead atoms. The maximum atomic E-state index is 10.2. The molecule has 0 saturated heterocycles. The van der Waals surface area contributed by atoms with Crippen LogP contribution in [0.25, 0.3) is 0 Å². The van der Waals surface area contributed by atoms with Gasteiger partial charge in [0.1, 0.15) is 5.69 Å². The number of nitrogens with zero attached hydrogens (tertiary/aromatic N) is 1. The summed E-state index contributed by atoms with van der Waals surface area (Å²) in [6.45, 7) is 0.377. The minimum atomic E-state index is -0.196. The van der Waals surface area contributed by atoms with Crippen LogP contribution in [0.2, 0.25) is 0 Å². The molecule has 1 aromatic heterocycles. The predicted octanol–water partition coefficient (Wildman–Crippen LogP) is -0.147. The van der Waals surface area contributed by atoms with Crippen molar-refractivity contribution >= 4 is 6.29 Å². The molecule has 12 heavy (non-hydrogen) atoms. The lowest BCUT2D eigenvalue weighted by Crippen LogP contribution is -2.20. The highest BCUT2D eigenvalue weighted by molar-refractivity contribution is 5.71. The monoisotopic (exact) mass is 165 g/mol. The molecule has 1 atom stereocenters. The van der Waals surface area contributed by atoms with Crippen molar-refractivity contribution in [2.75, 3.05) is 6.54 Å². The summed E-state index contributed by atoms with van der Waals surface area (Å²) in [7, 11) is 0. The quantitative estimate of drug-likeness (QED) is 0.610. The Morgan fingerprint density at radius 1 is 1.58 bits per heavy atom. The second-order valence-electron chi connectivity index (χ2n) is 2.48. The Morgan fingerprint density at radius 3 is 2.75 bits per heavy atom. The normalized spacial score (nSPS) is 12.5. The highest BCUT2D eigenvalue weighted by Gasteiger charge is 2.02. The number of nitrogens with two attached hydrogens (primary N) is 2. The fourth-order valence-corrected chi connectivity index (χ4v) is 0.842. The minimum Gasteiger partial charge on any atom is -0.329 e. The van der Waals surface area contributed by atoms with Gasteiger partial charge in [0.05, 0.1) is 0 Å². The zero-order valence-electron chi connectivity index (χ0n) is 6.60. The van der Waals surface area contributed by atoms with E-state index in [2.05, 4.69) is 4.98 Å². The molecular formula is C8H11N3O. The first kappa shape index (κ1) is 8.83. The van der Waals surface area contributed by atoms with Gasteiger partial charge in [-0.3, -0.25) is 9.78 Å². The largest absolute Gasteiger partial charge is 0.329 e. The first-order valence-corrected chi connectivity index (χ1v) is 3.64. The van der Waals surface area contributed by atoms with Gasteiger partial charge in [-0.25, -0.2) is 0 Å². The minimum absolute atomic E-state index is 0.196. The van der Waals surface area contributed by atoms with E-state index in [0.29, 0.717) is 18.5 Å². The molecule has 1 rings (SSSR count). The second-order valence-corrected chi connectivity index (χ2v) is 2.48. The molecule has 0 saturated carbocycles.